The van der Waals surface area contributed by atoms with Crippen LogP contribution in [0.1, 0.15) is 25.7 Å². The second-order valence-corrected chi connectivity index (χ2v) is 8.53. The van der Waals surface area contributed by atoms with E-state index < -0.39 is 0 Å². The van der Waals surface area contributed by atoms with Gasteiger partial charge in [-0.15, -0.1) is 0 Å². The summed E-state index contributed by atoms with van der Waals surface area (Å²) in [5.74, 6) is 1.76. The molecule has 0 unspecified atom stereocenters. The van der Waals surface area contributed by atoms with Crippen LogP contribution in [0.15, 0.2) is 48.5 Å². The number of anilines is 2. The van der Waals surface area contributed by atoms with Gasteiger partial charge in [-0.25, -0.2) is 0 Å². The van der Waals surface area contributed by atoms with E-state index in [0.717, 1.165) is 73.9 Å². The van der Waals surface area contributed by atoms with Crippen molar-refractivity contribution in [1.29, 1.82) is 0 Å². The lowest BCUT2D eigenvalue weighted by Crippen LogP contribution is -2.05. The summed E-state index contributed by atoms with van der Waals surface area (Å²) >= 11 is 0. The minimum atomic E-state index is 0.594. The molecule has 4 N–H and O–H groups in total. The number of benzene rings is 2. The average molecular weight is 401 g/mol. The zero-order valence-electron chi connectivity index (χ0n) is 15.7. The molecule has 0 bridgehead atoms. The standard InChI is InChI=1S/C20H28N2O3Si2/c21-17-5-9-19(10-6-17)23-13-1-3-15-26-25-27-16-4-2-14-24-20-11-7-18(22)8-12-20/h5-12H,1-4,13-16,21-22H2. The zero-order valence-corrected chi connectivity index (χ0v) is 17.7. The van der Waals surface area contributed by atoms with Gasteiger partial charge in [0.05, 0.1) is 13.2 Å². The maximum Gasteiger partial charge on any atom is 0.214 e. The normalized spacial score (nSPS) is 10.7. The van der Waals surface area contributed by atoms with Crippen LogP contribution in [0.25, 0.3) is 0 Å². The van der Waals surface area contributed by atoms with Gasteiger partial charge in [-0.3, -0.25) is 0 Å². The highest BCUT2D eigenvalue weighted by Gasteiger charge is 1.98. The van der Waals surface area contributed by atoms with Crippen molar-refractivity contribution >= 4 is 30.9 Å². The largest absolute Gasteiger partial charge is 0.494 e. The van der Waals surface area contributed by atoms with Crippen molar-refractivity contribution in [2.45, 2.75) is 37.8 Å². The van der Waals surface area contributed by atoms with Crippen LogP contribution in [-0.2, 0) is 4.12 Å². The molecule has 144 valence electrons. The van der Waals surface area contributed by atoms with Crippen LogP contribution in [0.2, 0.25) is 12.1 Å². The maximum absolute atomic E-state index is 5.74. The third-order valence-electron chi connectivity index (χ3n) is 3.79. The third kappa shape index (κ3) is 10.1. The van der Waals surface area contributed by atoms with Crippen LogP contribution >= 0.6 is 0 Å². The van der Waals surface area contributed by atoms with Crippen LogP contribution in [-0.4, -0.2) is 32.7 Å². The number of hydrogen-bond acceptors (Lipinski definition) is 5. The van der Waals surface area contributed by atoms with E-state index in [9.17, 15) is 0 Å². The van der Waals surface area contributed by atoms with E-state index in [2.05, 4.69) is 0 Å². The predicted molar refractivity (Wildman–Crippen MR) is 113 cm³/mol. The Hall–Kier alpha value is -1.97. The second-order valence-electron chi connectivity index (χ2n) is 6.14. The van der Waals surface area contributed by atoms with Gasteiger partial charge in [-0.05, 0) is 73.5 Å². The highest BCUT2D eigenvalue weighted by molar-refractivity contribution is 6.42. The first-order valence-electron chi connectivity index (χ1n) is 9.32. The molecular formula is C20H28N2O3Si2. The van der Waals surface area contributed by atoms with Gasteiger partial charge in [0.15, 0.2) is 0 Å². The molecule has 0 fully saturated rings. The van der Waals surface area contributed by atoms with Crippen LogP contribution in [0.3, 0.4) is 0 Å². The number of rotatable bonds is 14. The molecule has 0 spiro atoms. The van der Waals surface area contributed by atoms with Gasteiger partial charge in [-0.1, -0.05) is 12.8 Å². The molecule has 0 atom stereocenters. The molecule has 2 rings (SSSR count). The molecule has 0 amide bonds. The summed E-state index contributed by atoms with van der Waals surface area (Å²) in [6.07, 6.45) is 4.36. The van der Waals surface area contributed by atoms with Gasteiger partial charge < -0.3 is 25.1 Å². The van der Waals surface area contributed by atoms with Gasteiger partial charge in [0, 0.05) is 11.4 Å². The SMILES string of the molecule is Nc1ccc(OCCCC[Si]O[Si]CCCCOc2ccc(N)cc2)cc1. The first-order chi connectivity index (χ1) is 13.2. The van der Waals surface area contributed by atoms with E-state index in [4.69, 9.17) is 25.1 Å². The molecule has 5 nitrogen and oxygen atoms in total. The fourth-order valence-corrected chi connectivity index (χ4v) is 4.27. The molecule has 2 aromatic carbocycles. The Balaban J connectivity index is 1.32. The van der Waals surface area contributed by atoms with Crippen LogP contribution in [0, 0.1) is 0 Å². The van der Waals surface area contributed by atoms with Gasteiger partial charge in [0.25, 0.3) is 0 Å². The maximum atomic E-state index is 5.74. The molecule has 0 saturated heterocycles. The van der Waals surface area contributed by atoms with Crippen molar-refractivity contribution in [2.75, 3.05) is 24.7 Å². The molecule has 0 heterocycles. The number of ether oxygens (including phenoxy) is 2. The first kappa shape index (κ1) is 21.3. The smallest absolute Gasteiger partial charge is 0.214 e. The van der Waals surface area contributed by atoms with Crippen LogP contribution < -0.4 is 20.9 Å². The molecule has 7 heteroatoms. The molecule has 0 aliphatic carbocycles. The lowest BCUT2D eigenvalue weighted by molar-refractivity contribution is 0.309. The molecule has 4 radical (unpaired) electrons. The summed E-state index contributed by atoms with van der Waals surface area (Å²) in [6.45, 7) is 1.48. The summed E-state index contributed by atoms with van der Waals surface area (Å²) in [5.41, 5.74) is 12.8. The van der Waals surface area contributed by atoms with Gasteiger partial charge in [0.1, 0.15) is 11.5 Å². The summed E-state index contributed by atoms with van der Waals surface area (Å²) in [5, 5.41) is 0. The molecule has 27 heavy (non-hydrogen) atoms. The number of nitrogen functional groups attached to an aromatic ring is 2. The first-order valence-corrected chi connectivity index (χ1v) is 11.6. The van der Waals surface area contributed by atoms with Crippen LogP contribution in [0.5, 0.6) is 11.5 Å². The second kappa shape index (κ2) is 13.2. The Morgan fingerprint density at radius 1 is 0.593 bits per heavy atom. The minimum Gasteiger partial charge on any atom is -0.494 e. The third-order valence-corrected chi connectivity index (χ3v) is 6.06. The van der Waals surface area contributed by atoms with E-state index >= 15 is 0 Å². The number of unbranched alkanes of at least 4 members (excludes halogenated alkanes) is 2. The molecule has 0 aliphatic rings. The average Bonchev–Trinajstić information content (AvgIpc) is 2.68. The molecular weight excluding hydrogens is 372 g/mol. The monoisotopic (exact) mass is 400 g/mol. The highest BCUT2D eigenvalue weighted by atomic mass is 28.3. The fraction of sp³-hybridized carbons (Fsp3) is 0.400. The Labute approximate surface area is 167 Å². The summed E-state index contributed by atoms with van der Waals surface area (Å²) in [6, 6.07) is 17.3. The van der Waals surface area contributed by atoms with Gasteiger partial charge in [-0.2, -0.15) is 0 Å². The molecule has 0 aliphatic heterocycles. The summed E-state index contributed by atoms with van der Waals surface area (Å²) < 4.78 is 17.1. The van der Waals surface area contributed by atoms with Crippen molar-refractivity contribution < 1.29 is 13.6 Å². The van der Waals surface area contributed by atoms with Crippen molar-refractivity contribution in [3.63, 3.8) is 0 Å². The Morgan fingerprint density at radius 2 is 1.00 bits per heavy atom. The molecule has 0 saturated carbocycles. The van der Waals surface area contributed by atoms with Gasteiger partial charge in [0.2, 0.25) is 19.5 Å². The number of hydrogen-bond donors (Lipinski definition) is 2. The fourth-order valence-electron chi connectivity index (χ4n) is 2.26. The Kier molecular flexibility index (Phi) is 10.5. The van der Waals surface area contributed by atoms with Crippen molar-refractivity contribution in [3.8, 4) is 11.5 Å². The van der Waals surface area contributed by atoms with E-state index in [1.54, 1.807) is 0 Å². The van der Waals surface area contributed by atoms with E-state index in [1.807, 2.05) is 48.5 Å². The van der Waals surface area contributed by atoms with Gasteiger partial charge >= 0.3 is 0 Å². The van der Waals surface area contributed by atoms with Crippen molar-refractivity contribution in [2.24, 2.45) is 0 Å². The van der Waals surface area contributed by atoms with E-state index in [-0.39, 0.29) is 0 Å². The summed E-state index contributed by atoms with van der Waals surface area (Å²) in [4.78, 5) is 0. The predicted octanol–water partition coefficient (Wildman–Crippen LogP) is 3.96. The lowest BCUT2D eigenvalue weighted by Gasteiger charge is -2.07. The molecule has 0 aromatic heterocycles. The minimum absolute atomic E-state index is 0.594. The quantitative estimate of drug-likeness (QED) is 0.285. The zero-order chi connectivity index (χ0) is 19.2. The Morgan fingerprint density at radius 3 is 1.41 bits per heavy atom. The topological polar surface area (TPSA) is 79.7 Å². The lowest BCUT2D eigenvalue weighted by atomic mass is 10.3. The van der Waals surface area contributed by atoms with Crippen molar-refractivity contribution in [1.82, 2.24) is 0 Å². The van der Waals surface area contributed by atoms with E-state index in [1.165, 1.54) is 0 Å². The summed E-state index contributed by atoms with van der Waals surface area (Å²) in [7, 11) is 1.19. The highest BCUT2D eigenvalue weighted by Crippen LogP contribution is 2.14. The number of nitrogens with two attached hydrogens (primary N) is 2. The van der Waals surface area contributed by atoms with Crippen molar-refractivity contribution in [3.05, 3.63) is 48.5 Å². The van der Waals surface area contributed by atoms with Crippen LogP contribution in [0.4, 0.5) is 11.4 Å². The molecule has 2 aromatic rings. The van der Waals surface area contributed by atoms with E-state index in [0.29, 0.717) is 19.5 Å². The Bertz CT molecular complexity index is 569.